The maximum Gasteiger partial charge on any atom is 0.232 e. The van der Waals surface area contributed by atoms with Crippen LogP contribution in [0, 0.1) is 0 Å². The Morgan fingerprint density at radius 1 is 1.45 bits per heavy atom. The van der Waals surface area contributed by atoms with Gasteiger partial charge in [0.15, 0.2) is 0 Å². The highest BCUT2D eigenvalue weighted by atomic mass is 35.5. The second-order valence-electron chi connectivity index (χ2n) is 5.15. The van der Waals surface area contributed by atoms with Crippen molar-refractivity contribution in [3.05, 3.63) is 6.20 Å². The van der Waals surface area contributed by atoms with Gasteiger partial charge in [0.1, 0.15) is 0 Å². The van der Waals surface area contributed by atoms with Crippen LogP contribution >= 0.6 is 24.2 Å². The first-order chi connectivity index (χ1) is 10.2. The Kier molecular flexibility index (Phi) is 8.24. The van der Waals surface area contributed by atoms with Crippen LogP contribution in [0.15, 0.2) is 11.1 Å². The van der Waals surface area contributed by atoms with Gasteiger partial charge < -0.3 is 14.5 Å². The van der Waals surface area contributed by atoms with Crippen LogP contribution in [0.4, 0.5) is 5.95 Å². The van der Waals surface area contributed by atoms with Gasteiger partial charge in [-0.3, -0.25) is 5.32 Å². The lowest BCUT2D eigenvalue weighted by Gasteiger charge is -2.39. The summed E-state index contributed by atoms with van der Waals surface area (Å²) in [6, 6.07) is 0. The molecule has 22 heavy (non-hydrogen) atoms. The number of halogens is 1. The first-order valence-electron chi connectivity index (χ1n) is 7.35. The van der Waals surface area contributed by atoms with Crippen molar-refractivity contribution >= 4 is 30.1 Å². The minimum Gasteiger partial charge on any atom is -0.477 e. The summed E-state index contributed by atoms with van der Waals surface area (Å²) in [6.45, 7) is 5.65. The van der Waals surface area contributed by atoms with E-state index in [9.17, 15) is 0 Å². The van der Waals surface area contributed by atoms with E-state index in [1.807, 2.05) is 19.5 Å². The van der Waals surface area contributed by atoms with E-state index in [0.717, 1.165) is 36.9 Å². The Morgan fingerprint density at radius 3 is 2.86 bits per heavy atom. The lowest BCUT2D eigenvalue weighted by Crippen LogP contribution is -2.58. The van der Waals surface area contributed by atoms with E-state index in [0.29, 0.717) is 12.5 Å². The van der Waals surface area contributed by atoms with Crippen LogP contribution in [-0.2, 0) is 0 Å². The molecule has 0 radical (unpaired) electrons. The summed E-state index contributed by atoms with van der Waals surface area (Å²) in [4.78, 5) is 14.7. The smallest absolute Gasteiger partial charge is 0.232 e. The van der Waals surface area contributed by atoms with Crippen LogP contribution in [0.25, 0.3) is 0 Å². The Morgan fingerprint density at radius 2 is 2.23 bits per heavy atom. The summed E-state index contributed by atoms with van der Waals surface area (Å²) in [5, 5.41) is 3.33. The van der Waals surface area contributed by atoms with Crippen LogP contribution in [0.3, 0.4) is 0 Å². The van der Waals surface area contributed by atoms with Gasteiger partial charge in [-0.15, -0.1) is 24.2 Å². The van der Waals surface area contributed by atoms with E-state index in [-0.39, 0.29) is 18.6 Å². The number of nitrogens with one attached hydrogen (secondary N) is 1. The number of nitrogens with zero attached hydrogens (tertiary/aromatic N) is 4. The number of rotatable bonds is 6. The average molecular weight is 348 g/mol. The molecule has 1 unspecified atom stereocenters. The van der Waals surface area contributed by atoms with Crippen molar-refractivity contribution in [2.45, 2.75) is 24.4 Å². The predicted molar refractivity (Wildman–Crippen MR) is 94.5 cm³/mol. The van der Waals surface area contributed by atoms with Crippen molar-refractivity contribution in [3.63, 3.8) is 0 Å². The molecule has 1 atom stereocenters. The lowest BCUT2D eigenvalue weighted by atomic mass is 10.3. The average Bonchev–Trinajstić information content (AvgIpc) is 2.52. The molecule has 2 rings (SSSR count). The Hall–Kier alpha value is -0.760. The first kappa shape index (κ1) is 19.3. The topological polar surface area (TPSA) is 53.5 Å². The molecule has 6 nitrogen and oxygen atoms in total. The SMILES string of the molecule is CCCOc1nc(N2CCN(C)CC2NC)ncc1SC.Cl. The van der Waals surface area contributed by atoms with Crippen molar-refractivity contribution in [2.75, 3.05) is 51.5 Å². The van der Waals surface area contributed by atoms with E-state index in [2.05, 4.69) is 39.1 Å². The number of thioether (sulfide) groups is 1. The summed E-state index contributed by atoms with van der Waals surface area (Å²) in [7, 11) is 4.11. The maximum absolute atomic E-state index is 5.77. The van der Waals surface area contributed by atoms with Crippen LogP contribution in [0.2, 0.25) is 0 Å². The third-order valence-corrected chi connectivity index (χ3v) is 4.27. The Balaban J connectivity index is 0.00000242. The van der Waals surface area contributed by atoms with Gasteiger partial charge in [-0.1, -0.05) is 6.92 Å². The molecule has 0 saturated carbocycles. The summed E-state index contributed by atoms with van der Waals surface area (Å²) >= 11 is 1.62. The maximum atomic E-state index is 5.77. The monoisotopic (exact) mass is 347 g/mol. The highest BCUT2D eigenvalue weighted by Gasteiger charge is 2.26. The molecule has 1 saturated heterocycles. The number of piperazine rings is 1. The van der Waals surface area contributed by atoms with Crippen molar-refractivity contribution in [3.8, 4) is 5.88 Å². The normalized spacial score (nSPS) is 18.9. The molecule has 1 aromatic rings. The van der Waals surface area contributed by atoms with Gasteiger partial charge in [0.2, 0.25) is 11.8 Å². The van der Waals surface area contributed by atoms with E-state index in [1.54, 1.807) is 11.8 Å². The van der Waals surface area contributed by atoms with Crippen LogP contribution in [0.1, 0.15) is 13.3 Å². The van der Waals surface area contributed by atoms with Gasteiger partial charge in [0, 0.05) is 25.8 Å². The van der Waals surface area contributed by atoms with Gasteiger partial charge in [-0.05, 0) is 26.8 Å². The molecule has 0 aliphatic carbocycles. The first-order valence-corrected chi connectivity index (χ1v) is 8.58. The van der Waals surface area contributed by atoms with E-state index < -0.39 is 0 Å². The fourth-order valence-electron chi connectivity index (χ4n) is 2.33. The van der Waals surface area contributed by atoms with Gasteiger partial charge >= 0.3 is 0 Å². The molecule has 8 heteroatoms. The molecule has 0 amide bonds. The molecule has 1 aliphatic rings. The van der Waals surface area contributed by atoms with Crippen LogP contribution < -0.4 is 15.0 Å². The van der Waals surface area contributed by atoms with E-state index in [1.165, 1.54) is 0 Å². The van der Waals surface area contributed by atoms with Gasteiger partial charge in [-0.2, -0.15) is 4.98 Å². The minimum atomic E-state index is 0. The zero-order valence-corrected chi connectivity index (χ0v) is 15.3. The second-order valence-corrected chi connectivity index (χ2v) is 6.00. The van der Waals surface area contributed by atoms with Gasteiger partial charge in [0.05, 0.1) is 17.7 Å². The Bertz CT molecular complexity index is 465. The quantitative estimate of drug-likeness (QED) is 0.786. The summed E-state index contributed by atoms with van der Waals surface area (Å²) in [6.07, 6.45) is 5.08. The number of hydrogen-bond acceptors (Lipinski definition) is 7. The van der Waals surface area contributed by atoms with Crippen LogP contribution in [0.5, 0.6) is 5.88 Å². The predicted octanol–water partition coefficient (Wildman–Crippen LogP) is 1.71. The molecular formula is C14H26ClN5OS. The summed E-state index contributed by atoms with van der Waals surface area (Å²) < 4.78 is 5.77. The standard InChI is InChI=1S/C14H25N5OS.ClH/c1-5-8-20-13-11(21-4)9-16-14(17-13)19-7-6-18(3)10-12(19)15-2;/h9,12,15H,5-8,10H2,1-4H3;1H. The number of likely N-dealkylation sites (N-methyl/N-ethyl adjacent to an activating group) is 2. The molecule has 2 heterocycles. The van der Waals surface area contributed by atoms with Crippen molar-refractivity contribution in [1.29, 1.82) is 0 Å². The Labute approximate surface area is 143 Å². The summed E-state index contributed by atoms with van der Waals surface area (Å²) in [5.41, 5.74) is 0. The van der Waals surface area contributed by atoms with Crippen molar-refractivity contribution in [1.82, 2.24) is 20.2 Å². The number of anilines is 1. The van der Waals surface area contributed by atoms with Crippen molar-refractivity contribution < 1.29 is 4.74 Å². The second kappa shape index (κ2) is 9.39. The fraction of sp³-hybridized carbons (Fsp3) is 0.714. The van der Waals surface area contributed by atoms with Gasteiger partial charge in [0.25, 0.3) is 0 Å². The molecule has 1 N–H and O–H groups in total. The third kappa shape index (κ3) is 4.62. The number of ether oxygens (including phenoxy) is 1. The number of aromatic nitrogens is 2. The van der Waals surface area contributed by atoms with E-state index >= 15 is 0 Å². The molecule has 0 spiro atoms. The van der Waals surface area contributed by atoms with Crippen molar-refractivity contribution in [2.24, 2.45) is 0 Å². The summed E-state index contributed by atoms with van der Waals surface area (Å²) in [5.74, 6) is 1.44. The zero-order chi connectivity index (χ0) is 15.2. The highest BCUT2D eigenvalue weighted by molar-refractivity contribution is 7.98. The molecular weight excluding hydrogens is 322 g/mol. The molecule has 0 bridgehead atoms. The fourth-order valence-corrected chi connectivity index (χ4v) is 2.77. The lowest BCUT2D eigenvalue weighted by molar-refractivity contribution is 0.248. The largest absolute Gasteiger partial charge is 0.477 e. The molecule has 0 aromatic carbocycles. The molecule has 1 fully saturated rings. The van der Waals surface area contributed by atoms with E-state index in [4.69, 9.17) is 4.74 Å². The zero-order valence-electron chi connectivity index (χ0n) is 13.7. The molecule has 1 aliphatic heterocycles. The minimum absolute atomic E-state index is 0. The third-order valence-electron chi connectivity index (χ3n) is 3.55. The molecule has 126 valence electrons. The van der Waals surface area contributed by atoms with Gasteiger partial charge in [-0.25, -0.2) is 4.98 Å². The van der Waals surface area contributed by atoms with Crippen LogP contribution in [-0.4, -0.2) is 67.6 Å². The highest BCUT2D eigenvalue weighted by Crippen LogP contribution is 2.27. The number of hydrogen-bond donors (Lipinski definition) is 1. The molecule has 1 aromatic heterocycles.